The molecule has 3 heterocycles. The van der Waals surface area contributed by atoms with Gasteiger partial charge in [-0.2, -0.15) is 18.2 Å². The topological polar surface area (TPSA) is 80.9 Å². The summed E-state index contributed by atoms with van der Waals surface area (Å²) in [6, 6.07) is 5.11. The molecule has 0 saturated carbocycles. The van der Waals surface area contributed by atoms with Crippen LogP contribution in [0.1, 0.15) is 42.2 Å². The maximum Gasteiger partial charge on any atom is 0.416 e. The number of aromatic nitrogens is 2. The third-order valence-corrected chi connectivity index (χ3v) is 5.76. The zero-order valence-corrected chi connectivity index (χ0v) is 17.7. The van der Waals surface area contributed by atoms with E-state index in [1.807, 2.05) is 0 Å². The van der Waals surface area contributed by atoms with Gasteiger partial charge >= 0.3 is 18.2 Å². The third kappa shape index (κ3) is 4.98. The number of carbonyl (C=O) groups excluding carboxylic acids is 1. The Bertz CT molecular complexity index is 913. The normalized spacial score (nSPS) is 22.1. The number of nitrogens with zero attached hydrogens (tertiary/aromatic N) is 4. The van der Waals surface area contributed by atoms with Crippen LogP contribution in [0.2, 0.25) is 0 Å². The molecule has 8 nitrogen and oxygen atoms in total. The Morgan fingerprint density at radius 3 is 2.47 bits per heavy atom. The first kappa shape index (κ1) is 22.4. The minimum atomic E-state index is -4.40. The molecule has 0 bridgehead atoms. The number of amides is 2. The highest BCUT2D eigenvalue weighted by Crippen LogP contribution is 2.37. The van der Waals surface area contributed by atoms with Crippen LogP contribution in [0.25, 0.3) is 0 Å². The minimum Gasteiger partial charge on any atom is -0.462 e. The standard InChI is InChI=1S/C21H25F3N4O4/c1-2-31-19-25-18(32-26-19)16-11-15(14-3-5-17(6-4-14)21(22,23)24)12-28(13-16)20(29)27-7-9-30-10-8-27/h3-6,15-16H,2,7-13H2,1H3. The van der Waals surface area contributed by atoms with Crippen LogP contribution < -0.4 is 4.74 Å². The van der Waals surface area contributed by atoms with Crippen molar-refractivity contribution < 1.29 is 32.0 Å². The number of halogens is 3. The zero-order chi connectivity index (χ0) is 22.7. The zero-order valence-electron chi connectivity index (χ0n) is 17.7. The van der Waals surface area contributed by atoms with Crippen molar-refractivity contribution in [2.24, 2.45) is 0 Å². The second-order valence-corrected chi connectivity index (χ2v) is 7.88. The van der Waals surface area contributed by atoms with E-state index in [2.05, 4.69) is 10.1 Å². The molecule has 2 amide bonds. The summed E-state index contributed by atoms with van der Waals surface area (Å²) in [5.74, 6) is -0.0870. The maximum atomic E-state index is 13.2. The van der Waals surface area contributed by atoms with E-state index in [0.29, 0.717) is 58.3 Å². The first-order valence-electron chi connectivity index (χ1n) is 10.6. The number of benzene rings is 1. The van der Waals surface area contributed by atoms with Crippen LogP contribution >= 0.6 is 0 Å². The van der Waals surface area contributed by atoms with Crippen LogP contribution in [0, 0.1) is 0 Å². The van der Waals surface area contributed by atoms with Gasteiger partial charge in [0, 0.05) is 32.1 Å². The number of likely N-dealkylation sites (tertiary alicyclic amines) is 1. The van der Waals surface area contributed by atoms with Crippen molar-refractivity contribution in [3.05, 3.63) is 41.3 Å². The molecule has 4 rings (SSSR count). The number of ether oxygens (including phenoxy) is 2. The molecule has 2 aromatic rings. The fourth-order valence-electron chi connectivity index (χ4n) is 4.15. The maximum absolute atomic E-state index is 13.2. The van der Waals surface area contributed by atoms with Crippen molar-refractivity contribution in [3.63, 3.8) is 0 Å². The van der Waals surface area contributed by atoms with Gasteiger partial charge in [0.15, 0.2) is 0 Å². The SMILES string of the molecule is CCOc1noc(C2CC(c3ccc(C(F)(F)F)cc3)CN(C(=O)N3CCOCC3)C2)n1. The molecule has 2 atom stereocenters. The van der Waals surface area contributed by atoms with Crippen LogP contribution in [0.4, 0.5) is 18.0 Å². The van der Waals surface area contributed by atoms with Gasteiger partial charge in [0.2, 0.25) is 5.89 Å². The molecule has 2 unspecified atom stereocenters. The van der Waals surface area contributed by atoms with Crippen LogP contribution in [-0.2, 0) is 10.9 Å². The number of alkyl halides is 3. The van der Waals surface area contributed by atoms with Crippen molar-refractivity contribution in [2.45, 2.75) is 31.4 Å². The fraction of sp³-hybridized carbons (Fsp3) is 0.571. The predicted molar refractivity (Wildman–Crippen MR) is 106 cm³/mol. The number of piperidine rings is 1. The van der Waals surface area contributed by atoms with Gasteiger partial charge in [-0.3, -0.25) is 0 Å². The molecule has 2 aliphatic heterocycles. The Morgan fingerprint density at radius 1 is 1.12 bits per heavy atom. The summed E-state index contributed by atoms with van der Waals surface area (Å²) in [5, 5.41) is 3.81. The molecule has 2 aliphatic rings. The van der Waals surface area contributed by atoms with Gasteiger partial charge in [-0.25, -0.2) is 4.79 Å². The van der Waals surface area contributed by atoms with Crippen LogP contribution in [0.15, 0.2) is 28.8 Å². The smallest absolute Gasteiger partial charge is 0.416 e. The molecule has 11 heteroatoms. The summed E-state index contributed by atoms with van der Waals surface area (Å²) in [4.78, 5) is 20.9. The Balaban J connectivity index is 1.57. The van der Waals surface area contributed by atoms with E-state index in [-0.39, 0.29) is 23.9 Å². The molecule has 32 heavy (non-hydrogen) atoms. The summed E-state index contributed by atoms with van der Waals surface area (Å²) in [6.45, 7) is 4.92. The molecule has 0 aliphatic carbocycles. The molecular formula is C21H25F3N4O4. The summed E-state index contributed by atoms with van der Waals surface area (Å²) >= 11 is 0. The monoisotopic (exact) mass is 454 g/mol. The Labute approximate surface area is 183 Å². The minimum absolute atomic E-state index is 0.126. The predicted octanol–water partition coefficient (Wildman–Crippen LogP) is 3.51. The van der Waals surface area contributed by atoms with Gasteiger partial charge in [-0.1, -0.05) is 12.1 Å². The second-order valence-electron chi connectivity index (χ2n) is 7.88. The van der Waals surface area contributed by atoms with Crippen molar-refractivity contribution in [2.75, 3.05) is 46.0 Å². The Kier molecular flexibility index (Phi) is 6.54. The number of rotatable bonds is 4. The highest BCUT2D eigenvalue weighted by Gasteiger charge is 2.37. The molecule has 2 saturated heterocycles. The first-order valence-corrected chi connectivity index (χ1v) is 10.6. The molecule has 1 aromatic heterocycles. The van der Waals surface area contributed by atoms with Crippen LogP contribution in [0.3, 0.4) is 0 Å². The summed E-state index contributed by atoms with van der Waals surface area (Å²) in [5.41, 5.74) is 0.0279. The quantitative estimate of drug-likeness (QED) is 0.704. The van der Waals surface area contributed by atoms with Crippen LogP contribution in [-0.4, -0.2) is 72.0 Å². The van der Waals surface area contributed by atoms with Crippen molar-refractivity contribution in [1.82, 2.24) is 19.9 Å². The van der Waals surface area contributed by atoms with E-state index >= 15 is 0 Å². The van der Waals surface area contributed by atoms with Gasteiger partial charge in [0.05, 0.1) is 31.3 Å². The van der Waals surface area contributed by atoms with Gasteiger partial charge in [-0.05, 0) is 36.2 Å². The number of morpholine rings is 1. The molecular weight excluding hydrogens is 429 g/mol. The van der Waals surface area contributed by atoms with E-state index in [1.54, 1.807) is 16.7 Å². The lowest BCUT2D eigenvalue weighted by molar-refractivity contribution is -0.137. The molecule has 0 N–H and O–H groups in total. The van der Waals surface area contributed by atoms with Crippen molar-refractivity contribution in [1.29, 1.82) is 0 Å². The summed E-state index contributed by atoms with van der Waals surface area (Å²) in [7, 11) is 0. The second kappa shape index (κ2) is 9.35. The fourth-order valence-corrected chi connectivity index (χ4v) is 4.15. The van der Waals surface area contributed by atoms with Gasteiger partial charge in [-0.15, -0.1) is 0 Å². The Hall–Kier alpha value is -2.82. The largest absolute Gasteiger partial charge is 0.462 e. The first-order chi connectivity index (χ1) is 15.3. The molecule has 174 valence electrons. The molecule has 1 aromatic carbocycles. The van der Waals surface area contributed by atoms with E-state index in [0.717, 1.165) is 17.7 Å². The third-order valence-electron chi connectivity index (χ3n) is 5.76. The highest BCUT2D eigenvalue weighted by atomic mass is 19.4. The number of urea groups is 1. The van der Waals surface area contributed by atoms with Crippen molar-refractivity contribution >= 4 is 6.03 Å². The molecule has 0 spiro atoms. The molecule has 2 fully saturated rings. The van der Waals surface area contributed by atoms with E-state index in [4.69, 9.17) is 14.0 Å². The Morgan fingerprint density at radius 2 is 1.81 bits per heavy atom. The van der Waals surface area contributed by atoms with E-state index in [1.165, 1.54) is 12.1 Å². The van der Waals surface area contributed by atoms with Gasteiger partial charge < -0.3 is 23.8 Å². The van der Waals surface area contributed by atoms with Crippen molar-refractivity contribution in [3.8, 4) is 6.01 Å². The number of hydrogen-bond donors (Lipinski definition) is 0. The van der Waals surface area contributed by atoms with Gasteiger partial charge in [0.1, 0.15) is 0 Å². The lowest BCUT2D eigenvalue weighted by Gasteiger charge is -2.40. The molecule has 0 radical (unpaired) electrons. The number of carbonyl (C=O) groups is 1. The highest BCUT2D eigenvalue weighted by molar-refractivity contribution is 5.75. The van der Waals surface area contributed by atoms with Crippen LogP contribution in [0.5, 0.6) is 6.01 Å². The summed E-state index contributed by atoms with van der Waals surface area (Å²) < 4.78 is 54.9. The lowest BCUT2D eigenvalue weighted by atomic mass is 9.84. The summed E-state index contributed by atoms with van der Waals surface area (Å²) in [6.07, 6.45) is -3.84. The van der Waals surface area contributed by atoms with E-state index in [9.17, 15) is 18.0 Å². The average molecular weight is 454 g/mol. The average Bonchev–Trinajstić information content (AvgIpc) is 3.27. The van der Waals surface area contributed by atoms with E-state index < -0.39 is 11.7 Å². The number of hydrogen-bond acceptors (Lipinski definition) is 6. The van der Waals surface area contributed by atoms with Gasteiger partial charge in [0.25, 0.3) is 0 Å². The lowest BCUT2D eigenvalue weighted by Crippen LogP contribution is -2.52.